The minimum Gasteiger partial charge on any atom is -0.462 e. The van der Waals surface area contributed by atoms with E-state index < -0.39 is 6.10 Å². The standard InChI is InChI=1S/C48H92O6/c1-5-7-9-11-12-13-14-15-16-17-18-19-20-21-25-28-32-35-39-46(49)52-42-45(54-48(51)41-37-30-10-8-6-2)43-53-47(50)40-36-33-29-26-23-22-24-27-31-34-38-44(3)4/h44-45H,5-43H2,1-4H3/t45-/m0/s1. The van der Waals surface area contributed by atoms with Gasteiger partial charge in [0.1, 0.15) is 13.2 Å². The van der Waals surface area contributed by atoms with Crippen molar-refractivity contribution in [2.75, 3.05) is 13.2 Å². The summed E-state index contributed by atoms with van der Waals surface area (Å²) < 4.78 is 16.6. The summed E-state index contributed by atoms with van der Waals surface area (Å²) in [6, 6.07) is 0. The van der Waals surface area contributed by atoms with Crippen molar-refractivity contribution >= 4 is 17.9 Å². The Kier molecular flexibility index (Phi) is 41.3. The fourth-order valence-corrected chi connectivity index (χ4v) is 7.16. The van der Waals surface area contributed by atoms with Gasteiger partial charge >= 0.3 is 17.9 Å². The summed E-state index contributed by atoms with van der Waals surface area (Å²) in [5.41, 5.74) is 0. The molecule has 0 spiro atoms. The van der Waals surface area contributed by atoms with E-state index in [0.29, 0.717) is 19.3 Å². The highest BCUT2D eigenvalue weighted by atomic mass is 16.6. The number of hydrogen-bond acceptors (Lipinski definition) is 6. The molecule has 0 aliphatic heterocycles. The Morgan fingerprint density at radius 2 is 0.611 bits per heavy atom. The van der Waals surface area contributed by atoms with Gasteiger partial charge in [0.15, 0.2) is 6.10 Å². The van der Waals surface area contributed by atoms with Gasteiger partial charge in [-0.25, -0.2) is 0 Å². The molecule has 0 saturated carbocycles. The number of carbonyl (C=O) groups is 3. The van der Waals surface area contributed by atoms with Crippen LogP contribution >= 0.6 is 0 Å². The summed E-state index contributed by atoms with van der Waals surface area (Å²) >= 11 is 0. The molecule has 0 aromatic heterocycles. The number of hydrogen-bond donors (Lipinski definition) is 0. The van der Waals surface area contributed by atoms with E-state index in [9.17, 15) is 14.4 Å². The maximum atomic E-state index is 12.5. The molecule has 6 nitrogen and oxygen atoms in total. The SMILES string of the molecule is CCCCCCCCCCCCCCCCCCCCC(=O)OC[C@@H](COC(=O)CCCCCCCCCCCCC(C)C)OC(=O)CCCCCCC. The molecule has 0 saturated heterocycles. The molecular formula is C48H92O6. The van der Waals surface area contributed by atoms with Crippen LogP contribution < -0.4 is 0 Å². The van der Waals surface area contributed by atoms with Crippen molar-refractivity contribution in [2.45, 2.75) is 271 Å². The minimum absolute atomic E-state index is 0.0650. The van der Waals surface area contributed by atoms with Crippen LogP contribution in [0.2, 0.25) is 0 Å². The largest absolute Gasteiger partial charge is 0.462 e. The normalized spacial score (nSPS) is 11.9. The molecule has 0 heterocycles. The Bertz CT molecular complexity index is 811. The van der Waals surface area contributed by atoms with Crippen molar-refractivity contribution in [1.29, 1.82) is 0 Å². The smallest absolute Gasteiger partial charge is 0.306 e. The summed E-state index contributed by atoms with van der Waals surface area (Å²) in [4.78, 5) is 37.5. The fourth-order valence-electron chi connectivity index (χ4n) is 7.16. The summed E-state index contributed by atoms with van der Waals surface area (Å²) in [5.74, 6) is -0.0480. The number of ether oxygens (including phenoxy) is 3. The molecule has 0 aromatic carbocycles. The van der Waals surface area contributed by atoms with Gasteiger partial charge in [0.25, 0.3) is 0 Å². The van der Waals surface area contributed by atoms with Crippen LogP contribution in [-0.2, 0) is 28.6 Å². The second-order valence-corrected chi connectivity index (χ2v) is 16.9. The monoisotopic (exact) mass is 765 g/mol. The third-order valence-electron chi connectivity index (χ3n) is 10.8. The Labute approximate surface area is 336 Å². The van der Waals surface area contributed by atoms with Crippen molar-refractivity contribution in [1.82, 2.24) is 0 Å². The van der Waals surface area contributed by atoms with Crippen LogP contribution in [0.3, 0.4) is 0 Å². The second kappa shape index (κ2) is 42.6. The Hall–Kier alpha value is -1.59. The summed E-state index contributed by atoms with van der Waals surface area (Å²) in [7, 11) is 0. The quantitative estimate of drug-likeness (QED) is 0.0349. The van der Waals surface area contributed by atoms with Crippen LogP contribution in [-0.4, -0.2) is 37.2 Å². The lowest BCUT2D eigenvalue weighted by atomic mass is 10.0. The number of unbranched alkanes of at least 4 members (excludes halogenated alkanes) is 30. The van der Waals surface area contributed by atoms with Gasteiger partial charge in [0.2, 0.25) is 0 Å². The fraction of sp³-hybridized carbons (Fsp3) is 0.938. The zero-order valence-corrected chi connectivity index (χ0v) is 36.7. The molecule has 0 rings (SSSR count). The molecule has 0 fully saturated rings. The molecule has 0 bridgehead atoms. The average molecular weight is 765 g/mol. The van der Waals surface area contributed by atoms with Gasteiger partial charge in [-0.05, 0) is 25.2 Å². The van der Waals surface area contributed by atoms with Crippen molar-refractivity contribution in [3.05, 3.63) is 0 Å². The van der Waals surface area contributed by atoms with E-state index in [1.54, 1.807) is 0 Å². The summed E-state index contributed by atoms with van der Waals surface area (Å²) in [5, 5.41) is 0. The van der Waals surface area contributed by atoms with E-state index in [4.69, 9.17) is 14.2 Å². The Balaban J connectivity index is 4.08. The molecule has 0 unspecified atom stereocenters. The molecule has 0 aliphatic carbocycles. The third kappa shape index (κ3) is 41.6. The molecule has 0 aromatic rings. The highest BCUT2D eigenvalue weighted by molar-refractivity contribution is 5.71. The van der Waals surface area contributed by atoms with Gasteiger partial charge in [-0.2, -0.15) is 0 Å². The lowest BCUT2D eigenvalue weighted by Gasteiger charge is -2.18. The van der Waals surface area contributed by atoms with E-state index in [1.165, 1.54) is 154 Å². The topological polar surface area (TPSA) is 78.9 Å². The molecule has 54 heavy (non-hydrogen) atoms. The predicted molar refractivity (Wildman–Crippen MR) is 229 cm³/mol. The van der Waals surface area contributed by atoms with Crippen molar-refractivity contribution < 1.29 is 28.6 Å². The van der Waals surface area contributed by atoms with E-state index in [1.807, 2.05) is 0 Å². The molecule has 0 radical (unpaired) electrons. The summed E-state index contributed by atoms with van der Waals surface area (Å²) in [6.45, 7) is 8.92. The van der Waals surface area contributed by atoms with Crippen LogP contribution in [0.5, 0.6) is 0 Å². The Morgan fingerprint density at radius 1 is 0.352 bits per heavy atom. The highest BCUT2D eigenvalue weighted by Gasteiger charge is 2.19. The zero-order chi connectivity index (χ0) is 39.6. The van der Waals surface area contributed by atoms with Crippen molar-refractivity contribution in [2.24, 2.45) is 5.92 Å². The molecule has 6 heteroatoms. The van der Waals surface area contributed by atoms with Crippen molar-refractivity contribution in [3.63, 3.8) is 0 Å². The van der Waals surface area contributed by atoms with Gasteiger partial charge in [0.05, 0.1) is 0 Å². The number of rotatable bonds is 43. The predicted octanol–water partition coefficient (Wildman–Crippen LogP) is 15.1. The number of esters is 3. The lowest BCUT2D eigenvalue weighted by molar-refractivity contribution is -0.167. The van der Waals surface area contributed by atoms with Gasteiger partial charge in [-0.15, -0.1) is 0 Å². The first-order valence-corrected chi connectivity index (χ1v) is 23.9. The summed E-state index contributed by atoms with van der Waals surface area (Å²) in [6.07, 6.45) is 42.7. The molecule has 0 aliphatic rings. The van der Waals surface area contributed by atoms with E-state index in [-0.39, 0.29) is 31.1 Å². The highest BCUT2D eigenvalue weighted by Crippen LogP contribution is 2.16. The van der Waals surface area contributed by atoms with Gasteiger partial charge in [-0.3, -0.25) is 14.4 Å². The van der Waals surface area contributed by atoms with Crippen LogP contribution in [0.25, 0.3) is 0 Å². The van der Waals surface area contributed by atoms with Crippen LogP contribution in [0, 0.1) is 5.92 Å². The first kappa shape index (κ1) is 52.4. The van der Waals surface area contributed by atoms with E-state index in [2.05, 4.69) is 27.7 Å². The van der Waals surface area contributed by atoms with E-state index >= 15 is 0 Å². The zero-order valence-electron chi connectivity index (χ0n) is 36.7. The van der Waals surface area contributed by atoms with E-state index in [0.717, 1.165) is 70.1 Å². The second-order valence-electron chi connectivity index (χ2n) is 16.9. The third-order valence-corrected chi connectivity index (χ3v) is 10.8. The van der Waals surface area contributed by atoms with Crippen LogP contribution in [0.4, 0.5) is 0 Å². The van der Waals surface area contributed by atoms with Gasteiger partial charge in [0, 0.05) is 19.3 Å². The maximum absolute atomic E-state index is 12.5. The molecule has 0 N–H and O–H groups in total. The first-order valence-electron chi connectivity index (χ1n) is 23.9. The average Bonchev–Trinajstić information content (AvgIpc) is 3.15. The van der Waals surface area contributed by atoms with Gasteiger partial charge < -0.3 is 14.2 Å². The minimum atomic E-state index is -0.758. The maximum Gasteiger partial charge on any atom is 0.306 e. The van der Waals surface area contributed by atoms with Crippen LogP contribution in [0.15, 0.2) is 0 Å². The van der Waals surface area contributed by atoms with Crippen LogP contribution in [0.1, 0.15) is 265 Å². The molecular weight excluding hydrogens is 673 g/mol. The van der Waals surface area contributed by atoms with Gasteiger partial charge in [-0.1, -0.05) is 227 Å². The first-order chi connectivity index (χ1) is 26.4. The molecule has 320 valence electrons. The Morgan fingerprint density at radius 3 is 0.907 bits per heavy atom. The molecule has 0 amide bonds. The number of carbonyl (C=O) groups excluding carboxylic acids is 3. The molecule has 1 atom stereocenters. The van der Waals surface area contributed by atoms with Crippen molar-refractivity contribution in [3.8, 4) is 0 Å². The lowest BCUT2D eigenvalue weighted by Crippen LogP contribution is -2.30.